The van der Waals surface area contributed by atoms with Gasteiger partial charge in [0.1, 0.15) is 0 Å². The predicted molar refractivity (Wildman–Crippen MR) is 86.9 cm³/mol. The molecule has 1 aromatic carbocycles. The topological polar surface area (TPSA) is 15.3 Å². The van der Waals surface area contributed by atoms with Crippen molar-refractivity contribution in [2.75, 3.05) is 14.1 Å². The molecule has 0 aliphatic heterocycles. The lowest BCUT2D eigenvalue weighted by Crippen LogP contribution is -2.56. The van der Waals surface area contributed by atoms with Crippen LogP contribution in [0.2, 0.25) is 0 Å². The average molecular weight is 274 g/mol. The van der Waals surface area contributed by atoms with Crippen molar-refractivity contribution in [2.45, 2.75) is 58.7 Å². The summed E-state index contributed by atoms with van der Waals surface area (Å²) in [5.41, 5.74) is 3.24. The molecule has 0 bridgehead atoms. The van der Waals surface area contributed by atoms with Gasteiger partial charge in [-0.2, -0.15) is 0 Å². The van der Waals surface area contributed by atoms with Gasteiger partial charge in [0.15, 0.2) is 0 Å². The molecule has 1 N–H and O–H groups in total. The van der Waals surface area contributed by atoms with Gasteiger partial charge in [-0.3, -0.25) is 4.90 Å². The highest BCUT2D eigenvalue weighted by Gasteiger charge is 2.39. The van der Waals surface area contributed by atoms with Crippen molar-refractivity contribution in [3.8, 4) is 0 Å². The molecule has 0 spiro atoms. The molecule has 0 radical (unpaired) electrons. The summed E-state index contributed by atoms with van der Waals surface area (Å²) in [7, 11) is 4.40. The van der Waals surface area contributed by atoms with E-state index in [4.69, 9.17) is 0 Å². The third kappa shape index (κ3) is 3.24. The lowest BCUT2D eigenvalue weighted by Gasteiger charge is -2.47. The summed E-state index contributed by atoms with van der Waals surface area (Å²) in [5, 5.41) is 3.58. The standard InChI is InChI=1S/C18H30N2/c1-14-9-6-7-10-15(14)13-20(5)16-11-8-12-18(2,3)17(16)19-4/h6-7,9-10,16-17,19H,8,11-13H2,1-5H3. The second-order valence-electron chi connectivity index (χ2n) is 7.06. The minimum Gasteiger partial charge on any atom is -0.315 e. The Morgan fingerprint density at radius 2 is 2.00 bits per heavy atom. The summed E-state index contributed by atoms with van der Waals surface area (Å²) in [4.78, 5) is 2.55. The molecule has 1 aliphatic rings. The van der Waals surface area contributed by atoms with E-state index in [2.05, 4.69) is 69.3 Å². The lowest BCUT2D eigenvalue weighted by atomic mass is 9.70. The van der Waals surface area contributed by atoms with Gasteiger partial charge in [0.2, 0.25) is 0 Å². The fraction of sp³-hybridized carbons (Fsp3) is 0.667. The Labute approximate surface area is 124 Å². The monoisotopic (exact) mass is 274 g/mol. The van der Waals surface area contributed by atoms with Gasteiger partial charge in [-0.05, 0) is 50.4 Å². The predicted octanol–water partition coefficient (Wildman–Crippen LogP) is 3.59. The molecular formula is C18H30N2. The van der Waals surface area contributed by atoms with Gasteiger partial charge in [-0.25, -0.2) is 0 Å². The molecular weight excluding hydrogens is 244 g/mol. The molecule has 20 heavy (non-hydrogen) atoms. The SMILES string of the molecule is CNC1C(N(C)Cc2ccccc2C)CCCC1(C)C. The molecule has 2 nitrogen and oxygen atoms in total. The zero-order chi connectivity index (χ0) is 14.8. The second kappa shape index (κ2) is 6.28. The van der Waals surface area contributed by atoms with Crippen LogP contribution in [0.25, 0.3) is 0 Å². The highest BCUT2D eigenvalue weighted by atomic mass is 15.2. The highest BCUT2D eigenvalue weighted by molar-refractivity contribution is 5.25. The van der Waals surface area contributed by atoms with E-state index in [-0.39, 0.29) is 0 Å². The van der Waals surface area contributed by atoms with E-state index in [1.807, 2.05) is 0 Å². The van der Waals surface area contributed by atoms with Gasteiger partial charge in [-0.15, -0.1) is 0 Å². The summed E-state index contributed by atoms with van der Waals surface area (Å²) in [6.45, 7) is 8.07. The second-order valence-corrected chi connectivity index (χ2v) is 7.06. The maximum atomic E-state index is 3.58. The van der Waals surface area contributed by atoms with Crippen LogP contribution in [0.15, 0.2) is 24.3 Å². The molecule has 0 amide bonds. The molecule has 1 saturated carbocycles. The zero-order valence-corrected chi connectivity index (χ0v) is 13.7. The summed E-state index contributed by atoms with van der Waals surface area (Å²) >= 11 is 0. The van der Waals surface area contributed by atoms with Crippen molar-refractivity contribution in [3.63, 3.8) is 0 Å². The molecule has 1 fully saturated rings. The van der Waals surface area contributed by atoms with E-state index in [0.29, 0.717) is 17.5 Å². The fourth-order valence-corrected chi connectivity index (χ4v) is 3.84. The van der Waals surface area contributed by atoms with Crippen molar-refractivity contribution in [3.05, 3.63) is 35.4 Å². The number of nitrogens with one attached hydrogen (secondary N) is 1. The molecule has 0 saturated heterocycles. The van der Waals surface area contributed by atoms with Gasteiger partial charge in [-0.1, -0.05) is 44.5 Å². The van der Waals surface area contributed by atoms with Crippen LogP contribution in [0.5, 0.6) is 0 Å². The molecule has 112 valence electrons. The maximum absolute atomic E-state index is 3.58. The Bertz CT molecular complexity index is 439. The molecule has 2 rings (SSSR count). The van der Waals surface area contributed by atoms with E-state index in [1.165, 1.54) is 30.4 Å². The van der Waals surface area contributed by atoms with Gasteiger partial charge in [0, 0.05) is 18.6 Å². The molecule has 2 unspecified atom stereocenters. The van der Waals surface area contributed by atoms with E-state index in [1.54, 1.807) is 0 Å². The summed E-state index contributed by atoms with van der Waals surface area (Å²) in [5.74, 6) is 0. The van der Waals surface area contributed by atoms with E-state index < -0.39 is 0 Å². The van der Waals surface area contributed by atoms with Crippen LogP contribution < -0.4 is 5.32 Å². The molecule has 0 heterocycles. The van der Waals surface area contributed by atoms with Crippen LogP contribution in [0.1, 0.15) is 44.2 Å². The normalized spacial score (nSPS) is 25.9. The van der Waals surface area contributed by atoms with Crippen molar-refractivity contribution in [2.24, 2.45) is 5.41 Å². The first-order valence-corrected chi connectivity index (χ1v) is 7.88. The summed E-state index contributed by atoms with van der Waals surface area (Å²) < 4.78 is 0. The number of nitrogens with zero attached hydrogens (tertiary/aromatic N) is 1. The average Bonchev–Trinajstić information content (AvgIpc) is 2.40. The number of aryl methyl sites for hydroxylation is 1. The van der Waals surface area contributed by atoms with E-state index >= 15 is 0 Å². The van der Waals surface area contributed by atoms with E-state index in [0.717, 1.165) is 6.54 Å². The Kier molecular flexibility index (Phi) is 4.87. The molecule has 1 aliphatic carbocycles. The summed E-state index contributed by atoms with van der Waals surface area (Å²) in [6.07, 6.45) is 3.97. The first-order chi connectivity index (χ1) is 9.45. The number of benzene rings is 1. The quantitative estimate of drug-likeness (QED) is 0.902. The number of likely N-dealkylation sites (N-methyl/N-ethyl adjacent to an activating group) is 2. The van der Waals surface area contributed by atoms with E-state index in [9.17, 15) is 0 Å². The number of hydrogen-bond donors (Lipinski definition) is 1. The van der Waals surface area contributed by atoms with Crippen LogP contribution in [0.3, 0.4) is 0 Å². The van der Waals surface area contributed by atoms with Crippen LogP contribution in [-0.2, 0) is 6.54 Å². The van der Waals surface area contributed by atoms with Gasteiger partial charge in [0.25, 0.3) is 0 Å². The Hall–Kier alpha value is -0.860. The van der Waals surface area contributed by atoms with Crippen LogP contribution in [-0.4, -0.2) is 31.1 Å². The third-order valence-corrected chi connectivity index (χ3v) is 5.11. The van der Waals surface area contributed by atoms with Gasteiger partial charge in [0.05, 0.1) is 0 Å². The number of rotatable bonds is 4. The molecule has 0 aromatic heterocycles. The minimum absolute atomic E-state index is 0.387. The first-order valence-electron chi connectivity index (χ1n) is 7.88. The largest absolute Gasteiger partial charge is 0.315 e. The van der Waals surface area contributed by atoms with Crippen molar-refractivity contribution >= 4 is 0 Å². The van der Waals surface area contributed by atoms with Crippen molar-refractivity contribution in [1.29, 1.82) is 0 Å². The van der Waals surface area contributed by atoms with Crippen LogP contribution in [0.4, 0.5) is 0 Å². The minimum atomic E-state index is 0.387. The first kappa shape index (κ1) is 15.5. The van der Waals surface area contributed by atoms with Crippen LogP contribution in [0, 0.1) is 12.3 Å². The Balaban J connectivity index is 2.11. The fourth-order valence-electron chi connectivity index (χ4n) is 3.84. The number of hydrogen-bond acceptors (Lipinski definition) is 2. The van der Waals surface area contributed by atoms with Crippen molar-refractivity contribution in [1.82, 2.24) is 10.2 Å². The molecule has 2 heteroatoms. The van der Waals surface area contributed by atoms with Gasteiger partial charge < -0.3 is 5.32 Å². The summed E-state index contributed by atoms with van der Waals surface area (Å²) in [6, 6.07) is 9.95. The lowest BCUT2D eigenvalue weighted by molar-refractivity contribution is 0.0631. The Morgan fingerprint density at radius 3 is 2.65 bits per heavy atom. The molecule has 1 aromatic rings. The third-order valence-electron chi connectivity index (χ3n) is 5.11. The smallest absolute Gasteiger partial charge is 0.0271 e. The maximum Gasteiger partial charge on any atom is 0.0271 e. The zero-order valence-electron chi connectivity index (χ0n) is 13.7. The highest BCUT2D eigenvalue weighted by Crippen LogP contribution is 2.37. The Morgan fingerprint density at radius 1 is 1.30 bits per heavy atom. The van der Waals surface area contributed by atoms with Crippen LogP contribution >= 0.6 is 0 Å². The van der Waals surface area contributed by atoms with Crippen molar-refractivity contribution < 1.29 is 0 Å². The van der Waals surface area contributed by atoms with Gasteiger partial charge >= 0.3 is 0 Å². The molecule has 2 atom stereocenters.